The lowest BCUT2D eigenvalue weighted by atomic mass is 9.65. The summed E-state index contributed by atoms with van der Waals surface area (Å²) in [6.07, 6.45) is 0. The Kier molecular flexibility index (Phi) is 8.66. The fourth-order valence-electron chi connectivity index (χ4n) is 13.4. The molecule has 3 heterocycles. The van der Waals surface area contributed by atoms with Gasteiger partial charge in [-0.1, -0.05) is 212 Å². The molecule has 3 heteroatoms. The van der Waals surface area contributed by atoms with Crippen LogP contribution >= 0.6 is 0 Å². The van der Waals surface area contributed by atoms with Crippen LogP contribution in [0.25, 0.3) is 99.1 Å². The molecule has 74 heavy (non-hydrogen) atoms. The van der Waals surface area contributed by atoms with Crippen LogP contribution in [0.2, 0.25) is 0 Å². The van der Waals surface area contributed by atoms with Crippen molar-refractivity contribution in [3.05, 3.63) is 295 Å². The van der Waals surface area contributed by atoms with Crippen LogP contribution in [0, 0.1) is 0 Å². The number of hydrogen-bond acceptors (Lipinski definition) is 1. The molecule has 2 aliphatic rings. The maximum Gasteiger partial charge on any atom is 0.0755 e. The van der Waals surface area contributed by atoms with Gasteiger partial charge in [-0.3, -0.25) is 0 Å². The van der Waals surface area contributed by atoms with E-state index < -0.39 is 5.41 Å². The zero-order valence-corrected chi connectivity index (χ0v) is 40.3. The first kappa shape index (κ1) is 41.0. The Morgan fingerprint density at radius 1 is 0.284 bits per heavy atom. The van der Waals surface area contributed by atoms with E-state index in [1.807, 2.05) is 0 Å². The normalized spacial score (nSPS) is 14.3. The van der Waals surface area contributed by atoms with Gasteiger partial charge in [0.2, 0.25) is 0 Å². The van der Waals surface area contributed by atoms with Crippen LogP contribution in [0.15, 0.2) is 273 Å². The van der Waals surface area contributed by atoms with Crippen LogP contribution in [0.3, 0.4) is 0 Å². The van der Waals surface area contributed by atoms with Crippen molar-refractivity contribution in [3.63, 3.8) is 0 Å². The molecule has 0 saturated carbocycles. The highest BCUT2D eigenvalue weighted by Gasteiger charge is 2.51. The lowest BCUT2D eigenvalue weighted by molar-refractivity contribution is 0.748. The molecule has 0 amide bonds. The molecule has 0 radical (unpaired) electrons. The van der Waals surface area contributed by atoms with Gasteiger partial charge in [-0.05, 0) is 116 Å². The lowest BCUT2D eigenvalue weighted by Gasteiger charge is -2.39. The van der Waals surface area contributed by atoms with Crippen molar-refractivity contribution in [1.82, 2.24) is 9.13 Å². The van der Waals surface area contributed by atoms with E-state index in [2.05, 4.69) is 287 Å². The van der Waals surface area contributed by atoms with Crippen LogP contribution in [0.5, 0.6) is 0 Å². The zero-order valence-electron chi connectivity index (χ0n) is 40.3. The first-order chi connectivity index (χ1) is 36.8. The predicted octanol–water partition coefficient (Wildman–Crippen LogP) is 18.5. The van der Waals surface area contributed by atoms with Gasteiger partial charge in [0, 0.05) is 44.0 Å². The molecule has 0 N–H and O–H groups in total. The number of nitrogens with zero attached hydrogens (tertiary/aromatic N) is 3. The molecular weight excluding hydrogens is 895 g/mol. The second-order valence-corrected chi connectivity index (χ2v) is 19.9. The highest BCUT2D eigenvalue weighted by Crippen LogP contribution is 2.63. The minimum absolute atomic E-state index is 0.602. The van der Waals surface area contributed by atoms with E-state index in [4.69, 9.17) is 0 Å². The van der Waals surface area contributed by atoms with Crippen LogP contribution < -0.4 is 4.90 Å². The number of hydrogen-bond donors (Lipinski definition) is 0. The summed E-state index contributed by atoms with van der Waals surface area (Å²) in [7, 11) is 0. The summed E-state index contributed by atoms with van der Waals surface area (Å²) < 4.78 is 4.94. The molecule has 1 spiro atoms. The number of anilines is 3. The first-order valence-corrected chi connectivity index (χ1v) is 25.7. The standard InChI is InChI=1S/C71H45N3/c1-2-22-49-46(20-1)21-17-30-50(49)51-23-3-4-24-52(51)53-25-6-12-36-63(53)73(48-44-42-47(43-45-48)72-64-37-13-7-26-54(64)55-27-8-14-38-65(55)72)68-41-19-34-61-69(68)58-29-5-10-32-59(58)71(61)60-33-11-16-40-67(60)74-66-39-15-9-28-56(66)57-31-18-35-62(71)70(57)74/h1-45H. The minimum Gasteiger partial charge on any atom is -0.309 e. The fraction of sp³-hybridized carbons (Fsp3) is 0.0141. The molecule has 1 unspecified atom stereocenters. The van der Waals surface area contributed by atoms with Gasteiger partial charge >= 0.3 is 0 Å². The summed E-state index contributed by atoms with van der Waals surface area (Å²) in [5.41, 5.74) is 22.3. The molecule has 0 fully saturated rings. The summed E-state index contributed by atoms with van der Waals surface area (Å²) in [5, 5.41) is 7.51. The molecule has 344 valence electrons. The van der Waals surface area contributed by atoms with Crippen LogP contribution in [-0.2, 0) is 5.41 Å². The number of aromatic nitrogens is 2. The van der Waals surface area contributed by atoms with Gasteiger partial charge in [-0.2, -0.15) is 0 Å². The Morgan fingerprint density at radius 3 is 1.51 bits per heavy atom. The topological polar surface area (TPSA) is 13.1 Å². The van der Waals surface area contributed by atoms with Crippen molar-refractivity contribution >= 4 is 71.4 Å². The van der Waals surface area contributed by atoms with Crippen molar-refractivity contribution in [2.24, 2.45) is 0 Å². The van der Waals surface area contributed by atoms with Gasteiger partial charge in [0.1, 0.15) is 0 Å². The smallest absolute Gasteiger partial charge is 0.0755 e. The number of rotatable bonds is 6. The second kappa shape index (κ2) is 15.6. The van der Waals surface area contributed by atoms with E-state index in [1.165, 1.54) is 110 Å². The molecule has 14 aromatic rings. The van der Waals surface area contributed by atoms with E-state index in [9.17, 15) is 0 Å². The summed E-state index contributed by atoms with van der Waals surface area (Å²) in [5.74, 6) is 0. The van der Waals surface area contributed by atoms with Crippen LogP contribution in [0.4, 0.5) is 17.1 Å². The Hall–Kier alpha value is -9.70. The van der Waals surface area contributed by atoms with Gasteiger partial charge < -0.3 is 14.0 Å². The van der Waals surface area contributed by atoms with Gasteiger partial charge in [0.25, 0.3) is 0 Å². The molecule has 12 aromatic carbocycles. The van der Waals surface area contributed by atoms with Crippen molar-refractivity contribution in [3.8, 4) is 44.8 Å². The Labute approximate surface area is 428 Å². The van der Waals surface area contributed by atoms with E-state index in [1.54, 1.807) is 0 Å². The largest absolute Gasteiger partial charge is 0.309 e. The molecular formula is C71H45N3. The Morgan fingerprint density at radius 2 is 0.757 bits per heavy atom. The summed E-state index contributed by atoms with van der Waals surface area (Å²) in [6, 6.07) is 102. The molecule has 1 aliphatic heterocycles. The van der Waals surface area contributed by atoms with E-state index >= 15 is 0 Å². The van der Waals surface area contributed by atoms with Gasteiger partial charge in [0.05, 0.1) is 44.5 Å². The molecule has 3 nitrogen and oxygen atoms in total. The van der Waals surface area contributed by atoms with Gasteiger partial charge in [-0.25, -0.2) is 0 Å². The highest BCUT2D eigenvalue weighted by atomic mass is 15.2. The average molecular weight is 940 g/mol. The van der Waals surface area contributed by atoms with Crippen LogP contribution in [0.1, 0.15) is 22.3 Å². The summed E-state index contributed by atoms with van der Waals surface area (Å²) in [4.78, 5) is 2.55. The van der Waals surface area contributed by atoms with E-state index in [0.717, 1.165) is 28.3 Å². The van der Waals surface area contributed by atoms with Crippen LogP contribution in [-0.4, -0.2) is 9.13 Å². The van der Waals surface area contributed by atoms with E-state index in [-0.39, 0.29) is 0 Å². The molecule has 1 atom stereocenters. The van der Waals surface area contributed by atoms with Crippen molar-refractivity contribution in [2.75, 3.05) is 4.90 Å². The molecule has 2 aromatic heterocycles. The number of para-hydroxylation sites is 6. The summed E-state index contributed by atoms with van der Waals surface area (Å²) in [6.45, 7) is 0. The lowest BCUT2D eigenvalue weighted by Crippen LogP contribution is -2.33. The van der Waals surface area contributed by atoms with Crippen molar-refractivity contribution in [2.45, 2.75) is 5.41 Å². The Bertz CT molecular complexity index is 4570. The minimum atomic E-state index is -0.602. The number of benzene rings is 12. The number of fused-ring (bicyclic) bond motifs is 16. The monoisotopic (exact) mass is 939 g/mol. The predicted molar refractivity (Wildman–Crippen MR) is 309 cm³/mol. The molecule has 1 aliphatic carbocycles. The third-order valence-corrected chi connectivity index (χ3v) is 16.3. The fourth-order valence-corrected chi connectivity index (χ4v) is 13.4. The molecule has 0 bridgehead atoms. The van der Waals surface area contributed by atoms with Crippen molar-refractivity contribution in [1.29, 1.82) is 0 Å². The first-order valence-electron chi connectivity index (χ1n) is 25.7. The molecule has 0 saturated heterocycles. The van der Waals surface area contributed by atoms with Crippen molar-refractivity contribution < 1.29 is 0 Å². The van der Waals surface area contributed by atoms with Gasteiger partial charge in [0.15, 0.2) is 0 Å². The molecule has 16 rings (SSSR count). The maximum atomic E-state index is 2.55. The SMILES string of the molecule is c1ccc(-c2cccc3ccccc23)c(-c2ccccc2N(c2ccc(-n3c4ccccc4c4ccccc43)cc2)c2cccc3c2-c2ccccc2C32c3ccccc3-n3c4ccccc4c4cccc2c43)c1. The quantitative estimate of drug-likeness (QED) is 0.162. The third-order valence-electron chi connectivity index (χ3n) is 16.3. The maximum absolute atomic E-state index is 2.55. The van der Waals surface area contributed by atoms with Gasteiger partial charge in [-0.15, -0.1) is 0 Å². The highest BCUT2D eigenvalue weighted by molar-refractivity contribution is 6.14. The second-order valence-electron chi connectivity index (χ2n) is 19.9. The third kappa shape index (κ3) is 5.50. The Balaban J connectivity index is 0.982. The summed E-state index contributed by atoms with van der Waals surface area (Å²) >= 11 is 0. The average Bonchev–Trinajstić information content (AvgIpc) is 4.11. The van der Waals surface area contributed by atoms with E-state index in [0.29, 0.717) is 0 Å². The zero-order chi connectivity index (χ0) is 48.5.